The van der Waals surface area contributed by atoms with Crippen LogP contribution in [0.25, 0.3) is 0 Å². The van der Waals surface area contributed by atoms with Crippen molar-refractivity contribution < 1.29 is 28.3 Å². The molecule has 1 aromatic rings. The van der Waals surface area contributed by atoms with E-state index in [9.17, 15) is 0 Å². The zero-order chi connectivity index (χ0) is 15.3. The third-order valence-corrected chi connectivity index (χ3v) is 4.22. The van der Waals surface area contributed by atoms with Crippen LogP contribution in [0.4, 0.5) is 0 Å². The number of ether oxygens (including phenoxy) is 4. The van der Waals surface area contributed by atoms with Crippen molar-refractivity contribution in [2.75, 3.05) is 13.7 Å². The van der Waals surface area contributed by atoms with Crippen molar-refractivity contribution in [2.45, 2.75) is 43.9 Å². The Labute approximate surface area is 129 Å². The lowest BCUT2D eigenvalue weighted by Gasteiger charge is -2.35. The summed E-state index contributed by atoms with van der Waals surface area (Å²) in [5.74, 6) is 0.724. The van der Waals surface area contributed by atoms with Gasteiger partial charge in [-0.1, -0.05) is 12.1 Å². The van der Waals surface area contributed by atoms with E-state index in [1.54, 1.807) is 7.11 Å². The first-order valence-electron chi connectivity index (χ1n) is 7.50. The van der Waals surface area contributed by atoms with Gasteiger partial charge in [-0.2, -0.15) is 0 Å². The Balaban J connectivity index is 1.56. The molecule has 0 bridgehead atoms. The molecule has 6 nitrogen and oxygen atoms in total. The highest BCUT2D eigenvalue weighted by Gasteiger charge is 2.58. The lowest BCUT2D eigenvalue weighted by Crippen LogP contribution is -2.53. The van der Waals surface area contributed by atoms with E-state index in [0.717, 1.165) is 11.5 Å². The second-order valence-corrected chi connectivity index (χ2v) is 6.22. The lowest BCUT2D eigenvalue weighted by molar-refractivity contribution is -0.219. The second-order valence-electron chi connectivity index (χ2n) is 6.22. The summed E-state index contributed by atoms with van der Waals surface area (Å²) in [6, 6.07) is 7.63. The first-order valence-corrected chi connectivity index (χ1v) is 7.50. The highest BCUT2D eigenvalue weighted by atomic mass is 16.8. The van der Waals surface area contributed by atoms with Crippen molar-refractivity contribution in [3.8, 4) is 11.5 Å². The van der Waals surface area contributed by atoms with E-state index in [1.165, 1.54) is 0 Å². The summed E-state index contributed by atoms with van der Waals surface area (Å²) >= 11 is 0. The molecular weight excluding hydrogens is 287 g/mol. The molecule has 0 spiro atoms. The average Bonchev–Trinajstić information content (AvgIpc) is 3.05. The van der Waals surface area contributed by atoms with E-state index < -0.39 is 19.2 Å². The summed E-state index contributed by atoms with van der Waals surface area (Å²) in [4.78, 5) is 0. The lowest BCUT2D eigenvalue weighted by atomic mass is 9.67. The van der Waals surface area contributed by atoms with E-state index in [2.05, 4.69) is 0 Å². The van der Waals surface area contributed by atoms with Gasteiger partial charge in [-0.25, -0.2) is 0 Å². The minimum Gasteiger partial charge on any atom is -0.523 e. The van der Waals surface area contributed by atoms with E-state index >= 15 is 0 Å². The van der Waals surface area contributed by atoms with Gasteiger partial charge in [-0.15, -0.1) is 0 Å². The molecular formula is C15H19BO6. The monoisotopic (exact) mass is 306 g/mol. The predicted octanol–water partition coefficient (Wildman–Crippen LogP) is 1.84. The predicted molar refractivity (Wildman–Crippen MR) is 77.8 cm³/mol. The summed E-state index contributed by atoms with van der Waals surface area (Å²) in [5.41, 5.74) is 0. The number of benzene rings is 1. The highest BCUT2D eigenvalue weighted by molar-refractivity contribution is 6.50. The molecule has 118 valence electrons. The summed E-state index contributed by atoms with van der Waals surface area (Å²) < 4.78 is 35.0. The first-order chi connectivity index (χ1) is 10.6. The van der Waals surface area contributed by atoms with Gasteiger partial charge in [0.2, 0.25) is 0 Å². The van der Waals surface area contributed by atoms with Gasteiger partial charge in [-0.05, 0) is 26.0 Å². The minimum atomic E-state index is -0.677. The molecule has 0 radical (unpaired) electrons. The van der Waals surface area contributed by atoms with Gasteiger partial charge in [0.1, 0.15) is 17.6 Å². The second kappa shape index (κ2) is 5.13. The normalized spacial score (nSPS) is 35.5. The molecule has 3 unspecified atom stereocenters. The van der Waals surface area contributed by atoms with Crippen LogP contribution in [-0.4, -0.2) is 45.1 Å². The Kier molecular flexibility index (Phi) is 3.34. The molecule has 3 aliphatic rings. The maximum absolute atomic E-state index is 6.07. The summed E-state index contributed by atoms with van der Waals surface area (Å²) in [7, 11) is 1.16. The van der Waals surface area contributed by atoms with Gasteiger partial charge in [0.05, 0.1) is 18.5 Å². The Hall–Kier alpha value is -1.28. The van der Waals surface area contributed by atoms with Crippen LogP contribution in [0, 0.1) is 0 Å². The third-order valence-electron chi connectivity index (χ3n) is 4.22. The number of fused-ring (bicyclic) bond motifs is 2. The van der Waals surface area contributed by atoms with Crippen molar-refractivity contribution in [3.05, 3.63) is 24.3 Å². The Morgan fingerprint density at radius 2 is 1.73 bits per heavy atom. The molecule has 7 heteroatoms. The summed E-state index contributed by atoms with van der Waals surface area (Å²) in [5, 5.41) is 0. The molecule has 2 saturated heterocycles. The third kappa shape index (κ3) is 2.29. The van der Waals surface area contributed by atoms with Crippen molar-refractivity contribution in [3.63, 3.8) is 0 Å². The van der Waals surface area contributed by atoms with Gasteiger partial charge < -0.3 is 28.3 Å². The van der Waals surface area contributed by atoms with E-state index in [1.807, 2.05) is 38.1 Å². The molecule has 4 rings (SSSR count). The molecule has 3 heterocycles. The van der Waals surface area contributed by atoms with Crippen molar-refractivity contribution in [2.24, 2.45) is 0 Å². The van der Waals surface area contributed by atoms with E-state index in [0.29, 0.717) is 6.61 Å². The Bertz CT molecular complexity index is 540. The van der Waals surface area contributed by atoms with Gasteiger partial charge >= 0.3 is 7.12 Å². The van der Waals surface area contributed by atoms with Crippen LogP contribution in [-0.2, 0) is 18.9 Å². The topological polar surface area (TPSA) is 55.4 Å². The minimum absolute atomic E-state index is 0.0921. The Morgan fingerprint density at radius 3 is 2.36 bits per heavy atom. The van der Waals surface area contributed by atoms with Crippen LogP contribution in [0.3, 0.4) is 0 Å². The fourth-order valence-electron chi connectivity index (χ4n) is 3.28. The summed E-state index contributed by atoms with van der Waals surface area (Å²) in [6.45, 7) is 4.21. The van der Waals surface area contributed by atoms with Gasteiger partial charge in [0.15, 0.2) is 12.1 Å². The van der Waals surface area contributed by atoms with E-state index in [4.69, 9.17) is 28.3 Å². The maximum Gasteiger partial charge on any atom is 0.603 e. The summed E-state index contributed by atoms with van der Waals surface area (Å²) in [6.07, 6.45) is -0.936. The Morgan fingerprint density at radius 1 is 1.09 bits per heavy atom. The van der Waals surface area contributed by atoms with Crippen molar-refractivity contribution in [1.82, 2.24) is 0 Å². The molecule has 0 aromatic heterocycles. The molecule has 0 aliphatic carbocycles. The highest BCUT2D eigenvalue weighted by Crippen LogP contribution is 2.44. The molecule has 0 N–H and O–H groups in total. The van der Waals surface area contributed by atoms with Gasteiger partial charge in [0, 0.05) is 7.11 Å². The smallest absolute Gasteiger partial charge is 0.523 e. The molecule has 3 aliphatic heterocycles. The zero-order valence-corrected chi connectivity index (χ0v) is 12.9. The van der Waals surface area contributed by atoms with Crippen LogP contribution in [0.2, 0.25) is 5.82 Å². The number of para-hydroxylation sites is 2. The van der Waals surface area contributed by atoms with Crippen LogP contribution >= 0.6 is 0 Å². The van der Waals surface area contributed by atoms with Crippen LogP contribution in [0.1, 0.15) is 13.8 Å². The fourth-order valence-corrected chi connectivity index (χ4v) is 3.28. The maximum atomic E-state index is 6.07. The number of hydrogen-bond acceptors (Lipinski definition) is 6. The molecule has 2 fully saturated rings. The van der Waals surface area contributed by atoms with Crippen molar-refractivity contribution >= 4 is 7.12 Å². The molecule has 0 saturated carbocycles. The average molecular weight is 306 g/mol. The number of rotatable bonds is 2. The fraction of sp³-hybridized carbons (Fsp3) is 0.600. The number of hydrogen-bond donors (Lipinski definition) is 0. The molecule has 0 amide bonds. The van der Waals surface area contributed by atoms with Crippen LogP contribution in [0.5, 0.6) is 11.5 Å². The van der Waals surface area contributed by atoms with Crippen LogP contribution in [0.15, 0.2) is 24.3 Å². The molecule has 22 heavy (non-hydrogen) atoms. The quantitative estimate of drug-likeness (QED) is 0.777. The molecule has 1 aromatic carbocycles. The largest absolute Gasteiger partial charge is 0.603 e. The van der Waals surface area contributed by atoms with E-state index in [-0.39, 0.29) is 18.0 Å². The molecule has 4 atom stereocenters. The zero-order valence-electron chi connectivity index (χ0n) is 12.9. The van der Waals surface area contributed by atoms with Gasteiger partial charge in [0.25, 0.3) is 0 Å². The number of methoxy groups -OCH3 is 1. The SMILES string of the molecule is COC1OC[C@@H](B2Oc3ccccc3O2)C2OC(C)(C)OC12. The standard InChI is InChI=1S/C15H19BO6/c1-15(2)19-12-9(8-18-14(17-3)13(12)20-15)16-21-10-6-4-5-7-11(10)22-16/h4-7,9,12-14H,8H2,1-3H3/t9-,12?,13?,14?/m1/s1. The van der Waals surface area contributed by atoms with Gasteiger partial charge in [-0.3, -0.25) is 0 Å². The van der Waals surface area contributed by atoms with Crippen molar-refractivity contribution in [1.29, 1.82) is 0 Å². The first kappa shape index (κ1) is 14.3. The van der Waals surface area contributed by atoms with Crippen LogP contribution < -0.4 is 9.31 Å².